The molecule has 0 unspecified atom stereocenters. The molecule has 1 atom stereocenters. The number of carbonyl (C=O) groups excluding carboxylic acids is 2. The van der Waals surface area contributed by atoms with Gasteiger partial charge in [-0.05, 0) is 48.6 Å². The number of hydrogen-bond acceptors (Lipinski definition) is 7. The summed E-state index contributed by atoms with van der Waals surface area (Å²) in [6, 6.07) is 17.8. The molecular weight excluding hydrogens is 553 g/mol. The molecule has 214 valence electrons. The summed E-state index contributed by atoms with van der Waals surface area (Å²) < 4.78 is 22.1. The number of phenolic OH excluding ortho intramolecular Hbond substituents is 1. The maximum Gasteiger partial charge on any atom is 0.278 e. The number of hydrogen-bond donors (Lipinski definition) is 2. The van der Waals surface area contributed by atoms with Crippen molar-refractivity contribution in [2.24, 2.45) is 5.41 Å². The van der Waals surface area contributed by atoms with Crippen molar-refractivity contribution in [1.82, 2.24) is 4.98 Å². The average molecular weight is 584 g/mol. The van der Waals surface area contributed by atoms with Crippen molar-refractivity contribution >= 4 is 34.4 Å². The maximum absolute atomic E-state index is 16.2. The Balaban J connectivity index is 1.52. The van der Waals surface area contributed by atoms with Crippen LogP contribution in [-0.4, -0.2) is 21.8 Å². The fourth-order valence-electron chi connectivity index (χ4n) is 5.71. The van der Waals surface area contributed by atoms with Gasteiger partial charge in [0.05, 0.1) is 16.7 Å². The number of aromatic nitrogens is 1. The molecular formula is C33H30FN3O4S. The third-order valence-electron chi connectivity index (χ3n) is 7.58. The molecule has 42 heavy (non-hydrogen) atoms. The number of carbonyl (C=O) groups is 2. The van der Waals surface area contributed by atoms with Crippen LogP contribution in [0.4, 0.5) is 15.8 Å². The number of nitrogens with zero attached hydrogens (tertiary/aromatic N) is 2. The highest BCUT2D eigenvalue weighted by Crippen LogP contribution is 2.51. The number of benzene rings is 3. The van der Waals surface area contributed by atoms with Gasteiger partial charge in [0.1, 0.15) is 35.3 Å². The highest BCUT2D eigenvalue weighted by atomic mass is 32.1. The molecule has 2 heterocycles. The zero-order valence-electron chi connectivity index (χ0n) is 23.5. The molecule has 4 aromatic rings. The Morgan fingerprint density at radius 3 is 2.64 bits per heavy atom. The fraction of sp³-hybridized carbons (Fsp3) is 0.242. The molecule has 6 rings (SSSR count). The van der Waals surface area contributed by atoms with Crippen LogP contribution in [-0.2, 0) is 11.4 Å². The van der Waals surface area contributed by atoms with Crippen molar-refractivity contribution < 1.29 is 23.8 Å². The van der Waals surface area contributed by atoms with Crippen LogP contribution in [0.15, 0.2) is 83.4 Å². The van der Waals surface area contributed by atoms with Crippen LogP contribution in [0.2, 0.25) is 0 Å². The molecule has 3 aromatic carbocycles. The van der Waals surface area contributed by atoms with Crippen LogP contribution in [0.25, 0.3) is 0 Å². The Labute approximate surface area is 247 Å². The molecule has 0 saturated carbocycles. The van der Waals surface area contributed by atoms with Crippen LogP contribution >= 0.6 is 11.3 Å². The third kappa shape index (κ3) is 5.16. The van der Waals surface area contributed by atoms with Crippen molar-refractivity contribution in [1.29, 1.82) is 0 Å². The van der Waals surface area contributed by atoms with Crippen molar-refractivity contribution in [3.05, 3.63) is 111 Å². The molecule has 1 aliphatic carbocycles. The van der Waals surface area contributed by atoms with Crippen molar-refractivity contribution in [2.75, 3.05) is 10.2 Å². The Morgan fingerprint density at radius 1 is 1.14 bits per heavy atom. The van der Waals surface area contributed by atoms with Gasteiger partial charge in [-0.15, -0.1) is 11.3 Å². The van der Waals surface area contributed by atoms with E-state index in [1.165, 1.54) is 28.4 Å². The molecule has 1 aromatic heterocycles. The van der Waals surface area contributed by atoms with Crippen molar-refractivity contribution in [3.8, 4) is 11.5 Å². The van der Waals surface area contributed by atoms with Gasteiger partial charge in [-0.2, -0.15) is 0 Å². The quantitative estimate of drug-likeness (QED) is 0.239. The summed E-state index contributed by atoms with van der Waals surface area (Å²) in [5.41, 5.74) is 2.32. The normalized spacial score (nSPS) is 17.7. The largest absolute Gasteiger partial charge is 0.506 e. The number of allylic oxidation sites excluding steroid dienone is 1. The van der Waals surface area contributed by atoms with Crippen LogP contribution in [0, 0.1) is 18.2 Å². The fourth-order valence-corrected chi connectivity index (χ4v) is 6.29. The number of rotatable bonds is 5. The monoisotopic (exact) mass is 583 g/mol. The van der Waals surface area contributed by atoms with Gasteiger partial charge in [0, 0.05) is 34.7 Å². The first-order valence-electron chi connectivity index (χ1n) is 13.7. The van der Waals surface area contributed by atoms with E-state index in [9.17, 15) is 14.7 Å². The molecule has 0 radical (unpaired) electrons. The van der Waals surface area contributed by atoms with E-state index in [1.54, 1.807) is 36.6 Å². The summed E-state index contributed by atoms with van der Waals surface area (Å²) >= 11 is 1.32. The van der Waals surface area contributed by atoms with E-state index in [1.807, 2.05) is 44.2 Å². The van der Waals surface area contributed by atoms with Gasteiger partial charge in [0.2, 0.25) is 0 Å². The number of fused-ring (bicyclic) bond motifs is 1. The minimum Gasteiger partial charge on any atom is -0.506 e. The molecule has 2 aliphatic rings. The van der Waals surface area contributed by atoms with E-state index in [-0.39, 0.29) is 46.9 Å². The van der Waals surface area contributed by atoms with Crippen LogP contribution in [0.3, 0.4) is 0 Å². The molecule has 0 bridgehead atoms. The lowest BCUT2D eigenvalue weighted by Crippen LogP contribution is -2.40. The van der Waals surface area contributed by atoms with E-state index >= 15 is 4.39 Å². The zero-order chi connectivity index (χ0) is 29.6. The summed E-state index contributed by atoms with van der Waals surface area (Å²) in [5, 5.41) is 16.5. The third-order valence-corrected chi connectivity index (χ3v) is 8.35. The van der Waals surface area contributed by atoms with Gasteiger partial charge < -0.3 is 15.2 Å². The van der Waals surface area contributed by atoms with Crippen LogP contribution < -0.4 is 15.0 Å². The first kappa shape index (κ1) is 27.7. The van der Waals surface area contributed by atoms with E-state index in [0.29, 0.717) is 34.1 Å². The number of Topliss-reactive ketones (excluding diaryl/α,β-unsaturated/α-hetero) is 1. The van der Waals surface area contributed by atoms with E-state index in [2.05, 4.69) is 10.3 Å². The second-order valence-corrected chi connectivity index (χ2v) is 12.5. The van der Waals surface area contributed by atoms with Gasteiger partial charge in [-0.1, -0.05) is 50.2 Å². The van der Waals surface area contributed by atoms with E-state index < -0.39 is 17.8 Å². The number of aromatic hydroxyl groups is 1. The predicted octanol–water partition coefficient (Wildman–Crippen LogP) is 7.33. The first-order valence-corrected chi connectivity index (χ1v) is 14.6. The van der Waals surface area contributed by atoms with Gasteiger partial charge in [0.25, 0.3) is 5.91 Å². The smallest absolute Gasteiger partial charge is 0.278 e. The number of aryl methyl sites for hydroxylation is 1. The standard InChI is InChI=1S/C33H30FN3O4S/c1-19-35-25(18-42-19)32(40)37-26-10-7-11-27(38)30(26)36-24-15-33(2,3)16-28(39)29(24)31(37)22-13-12-21(14-23(22)34)41-17-20-8-5-4-6-9-20/h4-14,18,31,36,38H,15-17H2,1-3H3/t31-/m0/s1. The lowest BCUT2D eigenvalue weighted by Gasteiger charge is -2.37. The molecule has 0 fully saturated rings. The first-order chi connectivity index (χ1) is 20.1. The summed E-state index contributed by atoms with van der Waals surface area (Å²) in [4.78, 5) is 33.9. The lowest BCUT2D eigenvalue weighted by molar-refractivity contribution is -0.118. The van der Waals surface area contributed by atoms with Gasteiger partial charge in [-0.25, -0.2) is 9.37 Å². The number of phenols is 1. The van der Waals surface area contributed by atoms with Gasteiger partial charge in [0.15, 0.2) is 5.78 Å². The Kier molecular flexibility index (Phi) is 7.06. The number of amides is 1. The second-order valence-electron chi connectivity index (χ2n) is 11.4. The lowest BCUT2D eigenvalue weighted by atomic mass is 9.73. The Bertz CT molecular complexity index is 1730. The Hall–Kier alpha value is -4.50. The number of nitrogens with one attached hydrogen (secondary N) is 1. The minimum atomic E-state index is -1.11. The zero-order valence-corrected chi connectivity index (χ0v) is 24.3. The molecule has 0 spiro atoms. The van der Waals surface area contributed by atoms with Crippen LogP contribution in [0.5, 0.6) is 11.5 Å². The molecule has 9 heteroatoms. The predicted molar refractivity (Wildman–Crippen MR) is 160 cm³/mol. The SMILES string of the molecule is Cc1nc(C(=O)N2c3cccc(O)c3NC3=C(C(=O)CC(C)(C)C3)[C@@H]2c2ccc(OCc3ccccc3)cc2F)cs1. The molecule has 0 saturated heterocycles. The highest BCUT2D eigenvalue weighted by Gasteiger charge is 2.45. The van der Waals surface area contributed by atoms with E-state index in [4.69, 9.17) is 4.74 Å². The van der Waals surface area contributed by atoms with Crippen molar-refractivity contribution in [3.63, 3.8) is 0 Å². The van der Waals surface area contributed by atoms with Crippen LogP contribution in [0.1, 0.15) is 59.4 Å². The van der Waals surface area contributed by atoms with Gasteiger partial charge in [-0.3, -0.25) is 14.5 Å². The van der Waals surface area contributed by atoms with E-state index in [0.717, 1.165) is 5.56 Å². The Morgan fingerprint density at radius 2 is 1.93 bits per heavy atom. The number of halogens is 1. The summed E-state index contributed by atoms with van der Waals surface area (Å²) in [7, 11) is 0. The topological polar surface area (TPSA) is 91.8 Å². The number of ketones is 1. The summed E-state index contributed by atoms with van der Waals surface area (Å²) in [5.74, 6) is -1.09. The number of thiazole rings is 1. The summed E-state index contributed by atoms with van der Waals surface area (Å²) in [6.45, 7) is 6.03. The van der Waals surface area contributed by atoms with Gasteiger partial charge >= 0.3 is 0 Å². The highest BCUT2D eigenvalue weighted by molar-refractivity contribution is 7.09. The maximum atomic E-state index is 16.2. The minimum absolute atomic E-state index is 0.0896. The summed E-state index contributed by atoms with van der Waals surface area (Å²) in [6.07, 6.45) is 0.695. The second kappa shape index (κ2) is 10.7. The number of para-hydroxylation sites is 1. The number of anilines is 2. The van der Waals surface area contributed by atoms with Crippen molar-refractivity contribution in [2.45, 2.75) is 46.3 Å². The average Bonchev–Trinajstić information content (AvgIpc) is 3.32. The molecule has 1 amide bonds. The number of ether oxygens (including phenoxy) is 1. The molecule has 2 N–H and O–H groups in total. The molecule has 7 nitrogen and oxygen atoms in total. The molecule has 1 aliphatic heterocycles.